The lowest BCUT2D eigenvalue weighted by Gasteiger charge is -2.15. The SMILES string of the molecule is CNCC(C)S(=O)(=O)NCC1CCSC1. The fourth-order valence-corrected chi connectivity index (χ4v) is 3.94. The van der Waals surface area contributed by atoms with Crippen LogP contribution in [0.3, 0.4) is 0 Å². The van der Waals surface area contributed by atoms with Gasteiger partial charge < -0.3 is 5.32 Å². The largest absolute Gasteiger partial charge is 0.318 e. The second kappa shape index (κ2) is 6.08. The van der Waals surface area contributed by atoms with Crippen molar-refractivity contribution in [1.82, 2.24) is 10.0 Å². The van der Waals surface area contributed by atoms with E-state index in [0.29, 0.717) is 19.0 Å². The van der Waals surface area contributed by atoms with Gasteiger partial charge in [0.1, 0.15) is 0 Å². The quantitative estimate of drug-likeness (QED) is 0.712. The highest BCUT2D eigenvalue weighted by Crippen LogP contribution is 2.22. The van der Waals surface area contributed by atoms with E-state index in [1.807, 2.05) is 11.8 Å². The normalized spacial score (nSPS) is 24.3. The summed E-state index contributed by atoms with van der Waals surface area (Å²) in [6.45, 7) is 2.82. The summed E-state index contributed by atoms with van der Waals surface area (Å²) in [6.07, 6.45) is 1.13. The number of sulfonamides is 1. The Labute approximate surface area is 96.6 Å². The van der Waals surface area contributed by atoms with Crippen molar-refractivity contribution in [1.29, 1.82) is 0 Å². The van der Waals surface area contributed by atoms with Crippen molar-refractivity contribution in [3.05, 3.63) is 0 Å². The zero-order chi connectivity index (χ0) is 11.3. The van der Waals surface area contributed by atoms with E-state index in [4.69, 9.17) is 0 Å². The van der Waals surface area contributed by atoms with Gasteiger partial charge in [0.2, 0.25) is 10.0 Å². The summed E-state index contributed by atoms with van der Waals surface area (Å²) in [5.41, 5.74) is 0. The monoisotopic (exact) mass is 252 g/mol. The van der Waals surface area contributed by atoms with Crippen LogP contribution in [0.15, 0.2) is 0 Å². The molecule has 0 aromatic heterocycles. The van der Waals surface area contributed by atoms with E-state index >= 15 is 0 Å². The first-order valence-electron chi connectivity index (χ1n) is 5.27. The van der Waals surface area contributed by atoms with Crippen LogP contribution < -0.4 is 10.0 Å². The lowest BCUT2D eigenvalue weighted by atomic mass is 10.1. The average Bonchev–Trinajstić information content (AvgIpc) is 2.68. The molecule has 1 saturated heterocycles. The van der Waals surface area contributed by atoms with Gasteiger partial charge in [-0.15, -0.1) is 0 Å². The molecule has 0 aromatic rings. The predicted molar refractivity (Wildman–Crippen MR) is 65.7 cm³/mol. The average molecular weight is 252 g/mol. The first-order chi connectivity index (χ1) is 7.06. The Morgan fingerprint density at radius 1 is 1.53 bits per heavy atom. The molecule has 90 valence electrons. The summed E-state index contributed by atoms with van der Waals surface area (Å²) in [7, 11) is -1.37. The summed E-state index contributed by atoms with van der Waals surface area (Å²) in [6, 6.07) is 0. The van der Waals surface area contributed by atoms with Gasteiger partial charge in [-0.1, -0.05) is 0 Å². The van der Waals surface area contributed by atoms with E-state index in [2.05, 4.69) is 10.0 Å². The molecule has 4 nitrogen and oxygen atoms in total. The Kier molecular flexibility index (Phi) is 5.38. The molecular formula is C9H20N2O2S2. The molecule has 2 atom stereocenters. The minimum Gasteiger partial charge on any atom is -0.318 e. The number of hydrogen-bond donors (Lipinski definition) is 2. The molecule has 0 spiro atoms. The van der Waals surface area contributed by atoms with Crippen LogP contribution in [0.1, 0.15) is 13.3 Å². The molecule has 6 heteroatoms. The van der Waals surface area contributed by atoms with Crippen LogP contribution in [0, 0.1) is 5.92 Å². The van der Waals surface area contributed by atoms with E-state index in [0.717, 1.165) is 12.2 Å². The van der Waals surface area contributed by atoms with E-state index in [-0.39, 0.29) is 5.25 Å². The van der Waals surface area contributed by atoms with Gasteiger partial charge in [-0.25, -0.2) is 13.1 Å². The van der Waals surface area contributed by atoms with E-state index in [9.17, 15) is 8.42 Å². The van der Waals surface area contributed by atoms with Crippen molar-refractivity contribution in [2.24, 2.45) is 5.92 Å². The van der Waals surface area contributed by atoms with Crippen LogP contribution in [-0.2, 0) is 10.0 Å². The van der Waals surface area contributed by atoms with Crippen molar-refractivity contribution in [3.63, 3.8) is 0 Å². The molecule has 0 amide bonds. The maximum atomic E-state index is 11.7. The molecule has 1 aliphatic heterocycles. The molecule has 1 fully saturated rings. The molecule has 0 bridgehead atoms. The topological polar surface area (TPSA) is 58.2 Å². The Bertz CT molecular complexity index is 274. The highest BCUT2D eigenvalue weighted by atomic mass is 32.2. The molecule has 1 aliphatic rings. The van der Waals surface area contributed by atoms with Gasteiger partial charge in [0, 0.05) is 13.1 Å². The zero-order valence-electron chi connectivity index (χ0n) is 9.32. The van der Waals surface area contributed by atoms with Crippen LogP contribution >= 0.6 is 11.8 Å². The molecular weight excluding hydrogens is 232 g/mol. The molecule has 1 heterocycles. The standard InChI is InChI=1S/C9H20N2O2S2/c1-8(5-10-2)15(12,13)11-6-9-3-4-14-7-9/h8-11H,3-7H2,1-2H3. The van der Waals surface area contributed by atoms with Crippen molar-refractivity contribution >= 4 is 21.8 Å². The van der Waals surface area contributed by atoms with Gasteiger partial charge in [0.15, 0.2) is 0 Å². The molecule has 1 rings (SSSR count). The summed E-state index contributed by atoms with van der Waals surface area (Å²) < 4.78 is 26.1. The van der Waals surface area contributed by atoms with Gasteiger partial charge in [-0.3, -0.25) is 0 Å². The third-order valence-electron chi connectivity index (χ3n) is 2.62. The lowest BCUT2D eigenvalue weighted by Crippen LogP contribution is -2.40. The van der Waals surface area contributed by atoms with Crippen molar-refractivity contribution in [2.75, 3.05) is 31.6 Å². The third-order valence-corrected chi connectivity index (χ3v) is 5.65. The Hall–Kier alpha value is 0.220. The summed E-state index contributed by atoms with van der Waals surface area (Å²) >= 11 is 1.90. The van der Waals surface area contributed by atoms with Gasteiger partial charge in [0.25, 0.3) is 0 Å². The molecule has 0 saturated carbocycles. The minimum atomic E-state index is -3.13. The number of thioether (sulfide) groups is 1. The maximum Gasteiger partial charge on any atom is 0.215 e. The predicted octanol–water partition coefficient (Wildman–Crippen LogP) is 0.267. The highest BCUT2D eigenvalue weighted by Gasteiger charge is 2.22. The molecule has 2 unspecified atom stereocenters. The second-order valence-corrected chi connectivity index (χ2v) is 7.32. The van der Waals surface area contributed by atoms with Crippen LogP contribution in [0.25, 0.3) is 0 Å². The van der Waals surface area contributed by atoms with Crippen LogP contribution in [0.2, 0.25) is 0 Å². The van der Waals surface area contributed by atoms with Crippen molar-refractivity contribution in [3.8, 4) is 0 Å². The molecule has 15 heavy (non-hydrogen) atoms. The Balaban J connectivity index is 2.34. The zero-order valence-corrected chi connectivity index (χ0v) is 11.0. The molecule has 0 aliphatic carbocycles. The van der Waals surface area contributed by atoms with Gasteiger partial charge in [-0.2, -0.15) is 11.8 Å². The second-order valence-electron chi connectivity index (χ2n) is 3.99. The summed E-state index contributed by atoms with van der Waals surface area (Å²) in [5, 5.41) is 2.51. The van der Waals surface area contributed by atoms with E-state index in [1.54, 1.807) is 14.0 Å². The smallest absolute Gasteiger partial charge is 0.215 e. The summed E-state index contributed by atoms with van der Waals surface area (Å²) in [4.78, 5) is 0. The Morgan fingerprint density at radius 3 is 2.80 bits per heavy atom. The molecule has 2 N–H and O–H groups in total. The van der Waals surface area contributed by atoms with Gasteiger partial charge >= 0.3 is 0 Å². The molecule has 0 radical (unpaired) electrons. The number of hydrogen-bond acceptors (Lipinski definition) is 4. The first-order valence-corrected chi connectivity index (χ1v) is 7.97. The van der Waals surface area contributed by atoms with Gasteiger partial charge in [0.05, 0.1) is 5.25 Å². The fourth-order valence-electron chi connectivity index (χ4n) is 1.52. The van der Waals surface area contributed by atoms with Crippen molar-refractivity contribution in [2.45, 2.75) is 18.6 Å². The van der Waals surface area contributed by atoms with Crippen LogP contribution in [-0.4, -0.2) is 45.3 Å². The lowest BCUT2D eigenvalue weighted by molar-refractivity contribution is 0.534. The fraction of sp³-hybridized carbons (Fsp3) is 1.00. The van der Waals surface area contributed by atoms with Crippen LogP contribution in [0.4, 0.5) is 0 Å². The number of rotatable bonds is 6. The first kappa shape index (κ1) is 13.3. The third kappa shape index (κ3) is 4.30. The summed E-state index contributed by atoms with van der Waals surface area (Å²) in [5.74, 6) is 2.77. The minimum absolute atomic E-state index is 0.364. The Morgan fingerprint density at radius 2 is 2.27 bits per heavy atom. The molecule has 0 aromatic carbocycles. The van der Waals surface area contributed by atoms with E-state index < -0.39 is 10.0 Å². The van der Waals surface area contributed by atoms with Crippen LogP contribution in [0.5, 0.6) is 0 Å². The highest BCUT2D eigenvalue weighted by molar-refractivity contribution is 7.99. The number of nitrogens with one attached hydrogen (secondary N) is 2. The maximum absolute atomic E-state index is 11.7. The van der Waals surface area contributed by atoms with Gasteiger partial charge in [-0.05, 0) is 37.8 Å². The van der Waals surface area contributed by atoms with Crippen molar-refractivity contribution < 1.29 is 8.42 Å². The van der Waals surface area contributed by atoms with E-state index in [1.165, 1.54) is 5.75 Å².